The lowest BCUT2D eigenvalue weighted by Crippen LogP contribution is -2.02. The molecule has 0 unspecified atom stereocenters. The van der Waals surface area contributed by atoms with Crippen molar-refractivity contribution >= 4 is 51.0 Å². The van der Waals surface area contributed by atoms with Crippen molar-refractivity contribution in [3.63, 3.8) is 0 Å². The predicted octanol–water partition coefficient (Wildman–Crippen LogP) is 6.96. The Morgan fingerprint density at radius 1 is 0.800 bits per heavy atom. The zero-order valence-corrected chi connectivity index (χ0v) is 19.1. The van der Waals surface area contributed by atoms with E-state index in [1.54, 1.807) is 17.4 Å². The molecular weight excluding hydrogens is 456 g/mol. The summed E-state index contributed by atoms with van der Waals surface area (Å²) in [6.07, 6.45) is 1.66. The number of benzene rings is 3. The fourth-order valence-electron chi connectivity index (χ4n) is 4.63. The van der Waals surface area contributed by atoms with Crippen molar-refractivity contribution in [2.45, 2.75) is 0 Å². The van der Waals surface area contributed by atoms with Crippen LogP contribution in [0.15, 0.2) is 100 Å². The number of fused-ring (bicyclic) bond motifs is 3. The van der Waals surface area contributed by atoms with E-state index in [1.807, 2.05) is 94.9 Å². The van der Waals surface area contributed by atoms with Gasteiger partial charge in [-0.1, -0.05) is 42.5 Å². The molecule has 0 atom stereocenters. The van der Waals surface area contributed by atoms with Gasteiger partial charge < -0.3 is 4.42 Å². The third kappa shape index (κ3) is 3.04. The molecule has 0 saturated carbocycles. The van der Waals surface area contributed by atoms with Crippen LogP contribution in [0.5, 0.6) is 0 Å². The molecule has 0 bridgehead atoms. The van der Waals surface area contributed by atoms with Crippen molar-refractivity contribution in [1.29, 1.82) is 0 Å². The van der Waals surface area contributed by atoms with Gasteiger partial charge in [0.2, 0.25) is 5.89 Å². The molecule has 7 rings (SSSR count). The van der Waals surface area contributed by atoms with E-state index in [-0.39, 0.29) is 17.1 Å². The van der Waals surface area contributed by atoms with Crippen LogP contribution < -0.4 is 0 Å². The van der Waals surface area contributed by atoms with Gasteiger partial charge in [0.15, 0.2) is 22.8 Å². The molecule has 166 valence electrons. The Kier molecular flexibility index (Phi) is 4.25. The first-order chi connectivity index (χ1) is 17.2. The van der Waals surface area contributed by atoms with Crippen molar-refractivity contribution < 1.29 is 14.0 Å². The van der Waals surface area contributed by atoms with Crippen LogP contribution in [-0.2, 0) is 0 Å². The Morgan fingerprint density at radius 2 is 1.49 bits per heavy atom. The molecule has 1 aliphatic rings. The number of ketones is 2. The Hall–Kier alpha value is -4.55. The molecule has 3 aromatic carbocycles. The van der Waals surface area contributed by atoms with Crippen LogP contribution >= 0.6 is 11.3 Å². The van der Waals surface area contributed by atoms with Gasteiger partial charge >= 0.3 is 0 Å². The summed E-state index contributed by atoms with van der Waals surface area (Å²) in [5.41, 5.74) is 3.82. The molecule has 35 heavy (non-hydrogen) atoms. The molecule has 0 aliphatic heterocycles. The lowest BCUT2D eigenvalue weighted by Gasteiger charge is -2.04. The maximum absolute atomic E-state index is 13.3. The topological polar surface area (TPSA) is 65.1 Å². The quantitative estimate of drug-likeness (QED) is 0.206. The lowest BCUT2D eigenvalue weighted by molar-refractivity contribution is 0.0990. The van der Waals surface area contributed by atoms with E-state index in [4.69, 9.17) is 9.40 Å². The van der Waals surface area contributed by atoms with Crippen LogP contribution in [0.3, 0.4) is 0 Å². The van der Waals surface area contributed by atoms with Gasteiger partial charge in [-0.25, -0.2) is 0 Å². The number of allylic oxidation sites excluding steroid dienone is 1. The molecule has 0 fully saturated rings. The Balaban J connectivity index is 1.40. The molecule has 5 nitrogen and oxygen atoms in total. The van der Waals surface area contributed by atoms with E-state index in [1.165, 1.54) is 0 Å². The highest BCUT2D eigenvalue weighted by atomic mass is 32.1. The van der Waals surface area contributed by atoms with Crippen LogP contribution in [-0.4, -0.2) is 21.1 Å². The van der Waals surface area contributed by atoms with Gasteiger partial charge in [-0.05, 0) is 58.6 Å². The zero-order valence-electron chi connectivity index (χ0n) is 18.3. The number of Topliss-reactive ketones (excluding diaryl/α,β-unsaturated/α-hetero) is 2. The highest BCUT2D eigenvalue weighted by molar-refractivity contribution is 7.12. The van der Waals surface area contributed by atoms with E-state index >= 15 is 0 Å². The van der Waals surface area contributed by atoms with Crippen LogP contribution in [0.4, 0.5) is 0 Å². The zero-order chi connectivity index (χ0) is 23.5. The smallest absolute Gasteiger partial charge is 0.228 e. The lowest BCUT2D eigenvalue weighted by atomic mass is 10.0. The maximum atomic E-state index is 13.3. The summed E-state index contributed by atoms with van der Waals surface area (Å²) in [4.78, 5) is 31.4. The third-order valence-electron chi connectivity index (χ3n) is 6.29. The second-order valence-corrected chi connectivity index (χ2v) is 9.32. The summed E-state index contributed by atoms with van der Waals surface area (Å²) in [7, 11) is 0. The minimum absolute atomic E-state index is 0.150. The molecule has 0 amide bonds. The number of hydrogen-bond donors (Lipinski definition) is 0. The Labute approximate surface area is 203 Å². The second kappa shape index (κ2) is 7.48. The van der Waals surface area contributed by atoms with Gasteiger partial charge in [0.05, 0.1) is 11.3 Å². The molecule has 3 heterocycles. The van der Waals surface area contributed by atoms with Gasteiger partial charge in [0.1, 0.15) is 5.00 Å². The molecule has 0 radical (unpaired) electrons. The fraction of sp³-hybridized carbons (Fsp3) is 0. The van der Waals surface area contributed by atoms with E-state index in [0.29, 0.717) is 33.9 Å². The molecular formula is C29H16N2O3S. The average molecular weight is 473 g/mol. The number of carbonyl (C=O) groups excluding carboxylic acids is 2. The van der Waals surface area contributed by atoms with Gasteiger partial charge in [-0.2, -0.15) is 4.98 Å². The van der Waals surface area contributed by atoms with E-state index in [0.717, 1.165) is 21.3 Å². The van der Waals surface area contributed by atoms with Crippen molar-refractivity contribution in [3.05, 3.63) is 113 Å². The largest absolute Gasteiger partial charge is 0.434 e. The average Bonchev–Trinajstić information content (AvgIpc) is 3.66. The highest BCUT2D eigenvalue weighted by Gasteiger charge is 2.34. The second-order valence-electron chi connectivity index (χ2n) is 8.39. The molecule has 3 aromatic heterocycles. The van der Waals surface area contributed by atoms with E-state index in [2.05, 4.69) is 0 Å². The summed E-state index contributed by atoms with van der Waals surface area (Å²) in [5, 5.41) is 4.77. The molecule has 1 aliphatic carbocycles. The molecule has 6 aromatic rings. The number of thiophene rings is 1. The number of hydrogen-bond acceptors (Lipinski definition) is 5. The summed E-state index contributed by atoms with van der Waals surface area (Å²) in [5.74, 6) is 0.000645. The first kappa shape index (κ1) is 19.9. The number of nitrogens with zero attached hydrogens (tertiary/aromatic N) is 2. The van der Waals surface area contributed by atoms with Crippen LogP contribution in [0.2, 0.25) is 0 Å². The first-order valence-corrected chi connectivity index (χ1v) is 12.0. The molecule has 0 N–H and O–H groups in total. The summed E-state index contributed by atoms with van der Waals surface area (Å²) >= 11 is 1.55. The predicted molar refractivity (Wildman–Crippen MR) is 137 cm³/mol. The minimum Gasteiger partial charge on any atom is -0.434 e. The Bertz CT molecular complexity index is 1770. The minimum atomic E-state index is -0.260. The van der Waals surface area contributed by atoms with E-state index in [9.17, 15) is 9.59 Å². The van der Waals surface area contributed by atoms with Crippen molar-refractivity contribution in [2.24, 2.45) is 0 Å². The molecule has 0 saturated heterocycles. The van der Waals surface area contributed by atoms with Crippen molar-refractivity contribution in [3.8, 4) is 16.5 Å². The highest BCUT2D eigenvalue weighted by Crippen LogP contribution is 2.35. The summed E-state index contributed by atoms with van der Waals surface area (Å²) in [6.45, 7) is 0. The van der Waals surface area contributed by atoms with Crippen LogP contribution in [0, 0.1) is 0 Å². The number of aromatic nitrogens is 2. The monoisotopic (exact) mass is 472 g/mol. The Morgan fingerprint density at radius 3 is 2.14 bits per heavy atom. The summed E-state index contributed by atoms with van der Waals surface area (Å²) in [6, 6.07) is 26.8. The molecule has 0 spiro atoms. The number of rotatable bonds is 3. The maximum Gasteiger partial charge on any atom is 0.228 e. The number of carbonyl (C=O) groups is 2. The number of oxazole rings is 1. The van der Waals surface area contributed by atoms with Gasteiger partial charge in [0.25, 0.3) is 0 Å². The third-order valence-corrected chi connectivity index (χ3v) is 7.14. The standard InChI is InChI=1S/C29H16N2O3S/c32-26-21-13-18-9-4-5-10-19(18)14-22(21)27(33)23(26)15-20-16-24-28(31(20)25-11-6-12-35-25)30-29(34-24)17-7-2-1-3-8-17/h1-16H. The van der Waals surface area contributed by atoms with Gasteiger partial charge in [-0.15, -0.1) is 11.3 Å². The SMILES string of the molecule is O=C1C(=Cc2cc3oc(-c4ccccc4)nc3n2-c2cccs2)C(=O)c2cc3ccccc3cc21. The fourth-order valence-corrected chi connectivity index (χ4v) is 5.38. The van der Waals surface area contributed by atoms with Crippen LogP contribution in [0.25, 0.3) is 44.5 Å². The van der Waals surface area contributed by atoms with Gasteiger partial charge in [0, 0.05) is 22.8 Å². The van der Waals surface area contributed by atoms with E-state index < -0.39 is 0 Å². The summed E-state index contributed by atoms with van der Waals surface area (Å²) < 4.78 is 8.01. The molecule has 6 heteroatoms. The van der Waals surface area contributed by atoms with Gasteiger partial charge in [-0.3, -0.25) is 14.2 Å². The normalized spacial score (nSPS) is 13.2. The van der Waals surface area contributed by atoms with Crippen molar-refractivity contribution in [2.75, 3.05) is 0 Å². The van der Waals surface area contributed by atoms with Crippen molar-refractivity contribution in [1.82, 2.24) is 9.55 Å². The first-order valence-electron chi connectivity index (χ1n) is 11.1. The van der Waals surface area contributed by atoms with Crippen LogP contribution in [0.1, 0.15) is 26.4 Å².